The van der Waals surface area contributed by atoms with Crippen LogP contribution < -0.4 is 0 Å². The molecule has 0 aliphatic rings. The number of thiophene rings is 1. The first-order valence-electron chi connectivity index (χ1n) is 12.0. The van der Waals surface area contributed by atoms with Gasteiger partial charge in [0, 0.05) is 23.5 Å². The normalized spacial score (nSPS) is 11.1. The van der Waals surface area contributed by atoms with E-state index in [4.69, 9.17) is 0 Å². The maximum Gasteiger partial charge on any atom is 0.254 e. The van der Waals surface area contributed by atoms with Crippen LogP contribution in [0.25, 0.3) is 10.8 Å². The van der Waals surface area contributed by atoms with Crippen LogP contribution in [0.1, 0.15) is 40.2 Å². The first-order valence-corrected chi connectivity index (χ1v) is 12.9. The van der Waals surface area contributed by atoms with Gasteiger partial charge in [-0.15, -0.1) is 11.3 Å². The lowest BCUT2D eigenvalue weighted by molar-refractivity contribution is -0.133. The van der Waals surface area contributed by atoms with Gasteiger partial charge in [-0.05, 0) is 52.3 Å². The fraction of sp³-hybridized carbons (Fsp3) is 0.267. The summed E-state index contributed by atoms with van der Waals surface area (Å²) in [6.07, 6.45) is 0. The minimum absolute atomic E-state index is 0.0455. The van der Waals surface area contributed by atoms with E-state index in [1.807, 2.05) is 77.7 Å². The standard InChI is InChI=1S/C30H32N2O2S/c1-22(2)18-32(30(34)27-15-9-13-25-12-7-8-14-26(25)27)21-29(33)31(19-24-10-5-4-6-11-24)20-28-23(3)16-17-35-28/h4-17,22H,18-21H2,1-3H3. The second-order valence-corrected chi connectivity index (χ2v) is 10.4. The Labute approximate surface area is 211 Å². The smallest absolute Gasteiger partial charge is 0.254 e. The number of fused-ring (bicyclic) bond motifs is 1. The SMILES string of the molecule is Cc1ccsc1CN(Cc1ccccc1)C(=O)CN(CC(C)C)C(=O)c1cccc2ccccc12. The van der Waals surface area contributed by atoms with Crippen molar-refractivity contribution in [3.63, 3.8) is 0 Å². The monoisotopic (exact) mass is 484 g/mol. The third kappa shape index (κ3) is 6.17. The van der Waals surface area contributed by atoms with E-state index in [1.165, 1.54) is 10.4 Å². The molecule has 2 amide bonds. The molecule has 0 radical (unpaired) electrons. The summed E-state index contributed by atoms with van der Waals surface area (Å²) in [4.78, 5) is 32.2. The second kappa shape index (κ2) is 11.3. The molecule has 0 unspecified atom stereocenters. The van der Waals surface area contributed by atoms with E-state index < -0.39 is 0 Å². The lowest BCUT2D eigenvalue weighted by Crippen LogP contribution is -2.44. The van der Waals surface area contributed by atoms with Gasteiger partial charge in [-0.3, -0.25) is 9.59 Å². The molecule has 0 N–H and O–H groups in total. The van der Waals surface area contributed by atoms with E-state index in [-0.39, 0.29) is 24.3 Å². The van der Waals surface area contributed by atoms with E-state index >= 15 is 0 Å². The quantitative estimate of drug-likeness (QED) is 0.271. The summed E-state index contributed by atoms with van der Waals surface area (Å²) in [5, 5.41) is 4.00. The maximum atomic E-state index is 13.7. The molecule has 0 saturated carbocycles. The van der Waals surface area contributed by atoms with Gasteiger partial charge in [0.05, 0.1) is 6.54 Å². The van der Waals surface area contributed by atoms with Crippen molar-refractivity contribution in [1.82, 2.24) is 9.80 Å². The molecule has 4 rings (SSSR count). The molecule has 0 atom stereocenters. The molecule has 1 heterocycles. The first-order chi connectivity index (χ1) is 16.9. The van der Waals surface area contributed by atoms with Gasteiger partial charge in [0.2, 0.25) is 5.91 Å². The van der Waals surface area contributed by atoms with Crippen LogP contribution in [0, 0.1) is 12.8 Å². The highest BCUT2D eigenvalue weighted by atomic mass is 32.1. The average Bonchev–Trinajstić information content (AvgIpc) is 3.27. The molecule has 0 aliphatic heterocycles. The second-order valence-electron chi connectivity index (χ2n) is 9.37. The van der Waals surface area contributed by atoms with Crippen molar-refractivity contribution in [3.8, 4) is 0 Å². The summed E-state index contributed by atoms with van der Waals surface area (Å²) < 4.78 is 0. The fourth-order valence-electron chi connectivity index (χ4n) is 4.28. The number of amides is 2. The number of benzene rings is 3. The largest absolute Gasteiger partial charge is 0.332 e. The highest BCUT2D eigenvalue weighted by Crippen LogP contribution is 2.22. The van der Waals surface area contributed by atoms with Gasteiger partial charge in [0.15, 0.2) is 0 Å². The number of rotatable bonds is 9. The van der Waals surface area contributed by atoms with Crippen LogP contribution in [-0.2, 0) is 17.9 Å². The number of carbonyl (C=O) groups excluding carboxylic acids is 2. The summed E-state index contributed by atoms with van der Waals surface area (Å²) in [5.41, 5.74) is 2.90. The van der Waals surface area contributed by atoms with Crippen LogP contribution in [0.3, 0.4) is 0 Å². The molecular formula is C30H32N2O2S. The Morgan fingerprint density at radius 3 is 2.26 bits per heavy atom. The third-order valence-electron chi connectivity index (χ3n) is 6.09. The van der Waals surface area contributed by atoms with Crippen molar-refractivity contribution >= 4 is 33.9 Å². The number of nitrogens with zero attached hydrogens (tertiary/aromatic N) is 2. The van der Waals surface area contributed by atoms with Crippen LogP contribution in [0.5, 0.6) is 0 Å². The summed E-state index contributed by atoms with van der Waals surface area (Å²) in [5.74, 6) is 0.0931. The number of aryl methyl sites for hydroxylation is 1. The minimum Gasteiger partial charge on any atom is -0.332 e. The van der Waals surface area contributed by atoms with Gasteiger partial charge in [-0.1, -0.05) is 80.6 Å². The summed E-state index contributed by atoms with van der Waals surface area (Å²) >= 11 is 1.67. The van der Waals surface area contributed by atoms with E-state index in [1.54, 1.807) is 16.2 Å². The third-order valence-corrected chi connectivity index (χ3v) is 7.10. The van der Waals surface area contributed by atoms with E-state index in [0.29, 0.717) is 25.2 Å². The van der Waals surface area contributed by atoms with Crippen LogP contribution in [0.2, 0.25) is 0 Å². The molecule has 35 heavy (non-hydrogen) atoms. The molecule has 1 aromatic heterocycles. The zero-order valence-corrected chi connectivity index (χ0v) is 21.4. The molecule has 4 nitrogen and oxygen atoms in total. The predicted octanol–water partition coefficient (Wildman–Crippen LogP) is 6.54. The Morgan fingerprint density at radius 2 is 1.54 bits per heavy atom. The van der Waals surface area contributed by atoms with Crippen molar-refractivity contribution in [2.75, 3.05) is 13.1 Å². The van der Waals surface area contributed by atoms with Crippen molar-refractivity contribution in [2.45, 2.75) is 33.9 Å². The molecule has 0 fully saturated rings. The maximum absolute atomic E-state index is 13.7. The summed E-state index contributed by atoms with van der Waals surface area (Å²) in [6, 6.07) is 25.8. The first kappa shape index (κ1) is 24.7. The van der Waals surface area contributed by atoms with Crippen molar-refractivity contribution < 1.29 is 9.59 Å². The van der Waals surface area contributed by atoms with Crippen molar-refractivity contribution in [3.05, 3.63) is 106 Å². The minimum atomic E-state index is -0.101. The van der Waals surface area contributed by atoms with Gasteiger partial charge in [-0.2, -0.15) is 0 Å². The average molecular weight is 485 g/mol. The Hall–Kier alpha value is -3.44. The van der Waals surface area contributed by atoms with Gasteiger partial charge < -0.3 is 9.80 Å². The molecule has 180 valence electrons. The Balaban J connectivity index is 1.61. The molecule has 5 heteroatoms. The molecule has 0 spiro atoms. The zero-order chi connectivity index (χ0) is 24.8. The summed E-state index contributed by atoms with van der Waals surface area (Å²) in [7, 11) is 0. The molecule has 0 saturated heterocycles. The highest BCUT2D eigenvalue weighted by Gasteiger charge is 2.25. The number of hydrogen-bond acceptors (Lipinski definition) is 3. The van der Waals surface area contributed by atoms with E-state index in [2.05, 4.69) is 32.2 Å². The topological polar surface area (TPSA) is 40.6 Å². The van der Waals surface area contributed by atoms with Crippen molar-refractivity contribution in [1.29, 1.82) is 0 Å². The lowest BCUT2D eigenvalue weighted by atomic mass is 10.0. The van der Waals surface area contributed by atoms with Gasteiger partial charge in [0.25, 0.3) is 5.91 Å². The number of hydrogen-bond donors (Lipinski definition) is 0. The van der Waals surface area contributed by atoms with Gasteiger partial charge in [-0.25, -0.2) is 0 Å². The molecule has 3 aromatic carbocycles. The molecular weight excluding hydrogens is 452 g/mol. The fourth-order valence-corrected chi connectivity index (χ4v) is 5.20. The van der Waals surface area contributed by atoms with Crippen LogP contribution in [0.4, 0.5) is 0 Å². The molecule has 0 aliphatic carbocycles. The van der Waals surface area contributed by atoms with Crippen molar-refractivity contribution in [2.24, 2.45) is 5.92 Å². The Morgan fingerprint density at radius 1 is 0.829 bits per heavy atom. The Kier molecular flexibility index (Phi) is 7.98. The lowest BCUT2D eigenvalue weighted by Gasteiger charge is -2.29. The zero-order valence-electron chi connectivity index (χ0n) is 20.6. The van der Waals surface area contributed by atoms with E-state index in [9.17, 15) is 9.59 Å². The van der Waals surface area contributed by atoms with Crippen LogP contribution >= 0.6 is 11.3 Å². The van der Waals surface area contributed by atoms with Crippen LogP contribution in [0.15, 0.2) is 84.2 Å². The number of carbonyl (C=O) groups is 2. The molecule has 4 aromatic rings. The van der Waals surface area contributed by atoms with Gasteiger partial charge in [0.1, 0.15) is 6.54 Å². The van der Waals surface area contributed by atoms with Gasteiger partial charge >= 0.3 is 0 Å². The van der Waals surface area contributed by atoms with Crippen LogP contribution in [-0.4, -0.2) is 34.7 Å². The molecule has 0 bridgehead atoms. The predicted molar refractivity (Wildman–Crippen MR) is 144 cm³/mol. The Bertz CT molecular complexity index is 1290. The van der Waals surface area contributed by atoms with E-state index in [0.717, 1.165) is 16.3 Å². The highest BCUT2D eigenvalue weighted by molar-refractivity contribution is 7.10. The summed E-state index contributed by atoms with van der Waals surface area (Å²) in [6.45, 7) is 7.84.